The van der Waals surface area contributed by atoms with Gasteiger partial charge in [0.15, 0.2) is 8.32 Å². The van der Waals surface area contributed by atoms with E-state index in [0.29, 0.717) is 6.61 Å². The van der Waals surface area contributed by atoms with Crippen molar-refractivity contribution in [3.63, 3.8) is 0 Å². The van der Waals surface area contributed by atoms with E-state index in [-0.39, 0.29) is 10.9 Å². The van der Waals surface area contributed by atoms with E-state index in [1.807, 2.05) is 17.7 Å². The van der Waals surface area contributed by atoms with Gasteiger partial charge < -0.3 is 8.99 Å². The molecule has 0 aliphatic heterocycles. The van der Waals surface area contributed by atoms with Crippen LogP contribution >= 0.6 is 0 Å². The first kappa shape index (κ1) is 16.9. The van der Waals surface area contributed by atoms with Crippen molar-refractivity contribution in [2.24, 2.45) is 0 Å². The Morgan fingerprint density at radius 1 is 1.18 bits per heavy atom. The fourth-order valence-corrected chi connectivity index (χ4v) is 2.88. The lowest BCUT2D eigenvalue weighted by Gasteiger charge is -2.35. The summed E-state index contributed by atoms with van der Waals surface area (Å²) in [7, 11) is -1.78. The number of hydrogen-bond donors (Lipinski definition) is 0. The Bertz CT molecular complexity index is 642. The van der Waals surface area contributed by atoms with Gasteiger partial charge in [-0.3, -0.25) is 0 Å². The lowest BCUT2D eigenvalue weighted by Crippen LogP contribution is -2.40. The van der Waals surface area contributed by atoms with E-state index in [1.165, 1.54) is 12.1 Å². The molecule has 0 aliphatic carbocycles. The van der Waals surface area contributed by atoms with Crippen LogP contribution in [0.15, 0.2) is 30.5 Å². The number of halogens is 1. The zero-order valence-corrected chi connectivity index (χ0v) is 15.3. The SMILES string of the molecule is Cc1nc(CO[Si](C)(C)C(C)(C)C)cn1-c1ccc(F)cc1. The van der Waals surface area contributed by atoms with Crippen LogP contribution in [0.5, 0.6) is 0 Å². The smallest absolute Gasteiger partial charge is 0.192 e. The van der Waals surface area contributed by atoms with Crippen molar-refractivity contribution in [3.05, 3.63) is 47.8 Å². The predicted octanol–water partition coefficient (Wildman–Crippen LogP) is 4.84. The average Bonchev–Trinajstić information content (AvgIpc) is 2.77. The van der Waals surface area contributed by atoms with Crippen molar-refractivity contribution in [2.45, 2.75) is 52.4 Å². The van der Waals surface area contributed by atoms with Gasteiger partial charge in [0, 0.05) is 11.9 Å². The third-order valence-electron chi connectivity index (χ3n) is 4.42. The van der Waals surface area contributed by atoms with Gasteiger partial charge in [0.1, 0.15) is 11.6 Å². The molecule has 0 saturated heterocycles. The number of rotatable bonds is 4. The molecule has 1 aromatic carbocycles. The zero-order valence-electron chi connectivity index (χ0n) is 14.3. The molecule has 0 bridgehead atoms. The molecule has 0 aliphatic rings. The van der Waals surface area contributed by atoms with Gasteiger partial charge in [-0.05, 0) is 49.3 Å². The second kappa shape index (κ2) is 5.97. The first-order chi connectivity index (χ1) is 10.1. The topological polar surface area (TPSA) is 27.1 Å². The maximum Gasteiger partial charge on any atom is 0.192 e. The van der Waals surface area contributed by atoms with Crippen LogP contribution in [0.1, 0.15) is 32.3 Å². The Morgan fingerprint density at radius 3 is 2.32 bits per heavy atom. The van der Waals surface area contributed by atoms with Crippen LogP contribution in [-0.2, 0) is 11.0 Å². The third kappa shape index (κ3) is 3.65. The van der Waals surface area contributed by atoms with Gasteiger partial charge in [-0.25, -0.2) is 9.37 Å². The fraction of sp³-hybridized carbons (Fsp3) is 0.471. The fourth-order valence-electron chi connectivity index (χ4n) is 1.94. The summed E-state index contributed by atoms with van der Waals surface area (Å²) in [6.07, 6.45) is 1.97. The molecule has 0 unspecified atom stereocenters. The number of aromatic nitrogens is 2. The Labute approximate surface area is 133 Å². The summed E-state index contributed by atoms with van der Waals surface area (Å²) in [4.78, 5) is 4.56. The predicted molar refractivity (Wildman–Crippen MR) is 90.2 cm³/mol. The molecule has 0 spiro atoms. The van der Waals surface area contributed by atoms with Gasteiger partial charge in [0.05, 0.1) is 12.3 Å². The van der Waals surface area contributed by atoms with Gasteiger partial charge in [0.25, 0.3) is 0 Å². The summed E-state index contributed by atoms with van der Waals surface area (Å²) in [6.45, 7) is 13.6. The van der Waals surface area contributed by atoms with E-state index >= 15 is 0 Å². The van der Waals surface area contributed by atoms with Gasteiger partial charge in [0.2, 0.25) is 0 Å². The number of benzene rings is 1. The second-order valence-electron chi connectivity index (χ2n) is 7.17. The molecule has 2 aromatic rings. The molecule has 1 heterocycles. The minimum atomic E-state index is -1.78. The number of aryl methyl sites for hydroxylation is 1. The monoisotopic (exact) mass is 320 g/mol. The molecular formula is C17H25FN2OSi. The zero-order chi connectivity index (χ0) is 16.5. The van der Waals surface area contributed by atoms with Crippen LogP contribution in [0, 0.1) is 12.7 Å². The van der Waals surface area contributed by atoms with Crippen molar-refractivity contribution in [1.82, 2.24) is 9.55 Å². The van der Waals surface area contributed by atoms with Gasteiger partial charge >= 0.3 is 0 Å². The Hall–Kier alpha value is -1.46. The molecule has 0 fully saturated rings. The molecule has 1 aromatic heterocycles. The van der Waals surface area contributed by atoms with E-state index in [1.54, 1.807) is 12.1 Å². The largest absolute Gasteiger partial charge is 0.411 e. The maximum absolute atomic E-state index is 13.0. The summed E-state index contributed by atoms with van der Waals surface area (Å²) < 4.78 is 21.2. The van der Waals surface area contributed by atoms with Crippen LogP contribution in [0.3, 0.4) is 0 Å². The first-order valence-electron chi connectivity index (χ1n) is 7.55. The molecule has 22 heavy (non-hydrogen) atoms. The highest BCUT2D eigenvalue weighted by molar-refractivity contribution is 6.74. The second-order valence-corrected chi connectivity index (χ2v) is 12.0. The maximum atomic E-state index is 13.0. The highest BCUT2D eigenvalue weighted by Gasteiger charge is 2.37. The van der Waals surface area contributed by atoms with E-state index in [2.05, 4.69) is 38.8 Å². The standard InChI is InChI=1S/C17H25FN2OSi/c1-13-19-15(12-21-22(5,6)17(2,3)4)11-20(13)16-9-7-14(18)8-10-16/h7-11H,12H2,1-6H3. The van der Waals surface area contributed by atoms with Crippen LogP contribution in [0.2, 0.25) is 18.1 Å². The van der Waals surface area contributed by atoms with Gasteiger partial charge in [-0.1, -0.05) is 20.8 Å². The number of imidazole rings is 1. The minimum absolute atomic E-state index is 0.182. The van der Waals surface area contributed by atoms with Crippen molar-refractivity contribution >= 4 is 8.32 Å². The highest BCUT2D eigenvalue weighted by Crippen LogP contribution is 2.37. The van der Waals surface area contributed by atoms with Crippen molar-refractivity contribution in [1.29, 1.82) is 0 Å². The van der Waals surface area contributed by atoms with Gasteiger partial charge in [-0.2, -0.15) is 0 Å². The molecule has 0 atom stereocenters. The van der Waals surface area contributed by atoms with Crippen molar-refractivity contribution in [3.8, 4) is 5.69 Å². The molecule has 0 amide bonds. The van der Waals surface area contributed by atoms with E-state index in [4.69, 9.17) is 4.43 Å². The van der Waals surface area contributed by atoms with Crippen LogP contribution in [-0.4, -0.2) is 17.9 Å². The average molecular weight is 320 g/mol. The van der Waals surface area contributed by atoms with Crippen LogP contribution in [0.4, 0.5) is 4.39 Å². The Kier molecular flexibility index (Phi) is 4.59. The molecule has 3 nitrogen and oxygen atoms in total. The third-order valence-corrected chi connectivity index (χ3v) is 8.90. The summed E-state index contributed by atoms with van der Waals surface area (Å²) in [5, 5.41) is 0.182. The number of nitrogens with zero attached hydrogens (tertiary/aromatic N) is 2. The van der Waals surface area contributed by atoms with Crippen molar-refractivity contribution in [2.75, 3.05) is 0 Å². The number of hydrogen-bond acceptors (Lipinski definition) is 2. The van der Waals surface area contributed by atoms with E-state index in [0.717, 1.165) is 17.2 Å². The van der Waals surface area contributed by atoms with Gasteiger partial charge in [-0.15, -0.1) is 0 Å². The van der Waals surface area contributed by atoms with E-state index in [9.17, 15) is 4.39 Å². The minimum Gasteiger partial charge on any atom is -0.411 e. The lowest BCUT2D eigenvalue weighted by molar-refractivity contribution is 0.272. The van der Waals surface area contributed by atoms with Crippen LogP contribution in [0.25, 0.3) is 5.69 Å². The molecule has 120 valence electrons. The molecule has 0 N–H and O–H groups in total. The molecule has 2 rings (SSSR count). The molecule has 0 radical (unpaired) electrons. The molecule has 0 saturated carbocycles. The summed E-state index contributed by atoms with van der Waals surface area (Å²) >= 11 is 0. The molecule has 5 heteroatoms. The van der Waals surface area contributed by atoms with Crippen LogP contribution < -0.4 is 0 Å². The first-order valence-corrected chi connectivity index (χ1v) is 10.5. The summed E-state index contributed by atoms with van der Waals surface area (Å²) in [5.74, 6) is 0.642. The summed E-state index contributed by atoms with van der Waals surface area (Å²) in [5.41, 5.74) is 1.82. The Balaban J connectivity index is 2.15. The lowest BCUT2D eigenvalue weighted by atomic mass is 10.2. The Morgan fingerprint density at radius 2 is 1.77 bits per heavy atom. The highest BCUT2D eigenvalue weighted by atomic mass is 28.4. The summed E-state index contributed by atoms with van der Waals surface area (Å²) in [6, 6.07) is 6.42. The normalized spacial score (nSPS) is 12.7. The van der Waals surface area contributed by atoms with E-state index < -0.39 is 8.32 Å². The quantitative estimate of drug-likeness (QED) is 0.754. The van der Waals surface area contributed by atoms with Crippen molar-refractivity contribution < 1.29 is 8.82 Å². The molecular weight excluding hydrogens is 295 g/mol.